The summed E-state index contributed by atoms with van der Waals surface area (Å²) in [5.74, 6) is 2.26. The lowest BCUT2D eigenvalue weighted by molar-refractivity contribution is -0.136. The summed E-state index contributed by atoms with van der Waals surface area (Å²) in [4.78, 5) is 18.0. The first kappa shape index (κ1) is 17.7. The zero-order valence-corrected chi connectivity index (χ0v) is 16.5. The predicted octanol–water partition coefficient (Wildman–Crippen LogP) is 3.68. The van der Waals surface area contributed by atoms with Crippen molar-refractivity contribution in [1.82, 2.24) is 15.0 Å². The lowest BCUT2D eigenvalue weighted by Gasteiger charge is -2.54. The zero-order chi connectivity index (χ0) is 18.4. The predicted molar refractivity (Wildman–Crippen MR) is 103 cm³/mol. The van der Waals surface area contributed by atoms with E-state index >= 15 is 0 Å². The Morgan fingerprint density at radius 1 is 1.30 bits per heavy atom. The average Bonchev–Trinajstić information content (AvgIpc) is 3.11. The third-order valence-corrected chi connectivity index (χ3v) is 7.27. The molecule has 6 heteroatoms. The summed E-state index contributed by atoms with van der Waals surface area (Å²) in [5, 5.41) is 4.06. The number of aryl methyl sites for hydroxylation is 1. The first-order valence-corrected chi connectivity index (χ1v) is 10.9. The molecule has 2 bridgehead atoms. The number of aromatic nitrogens is 1. The van der Waals surface area contributed by atoms with Gasteiger partial charge in [0.2, 0.25) is 5.91 Å². The Labute approximate surface area is 165 Å². The van der Waals surface area contributed by atoms with Crippen LogP contribution in [0.3, 0.4) is 0 Å². The summed E-state index contributed by atoms with van der Waals surface area (Å²) < 4.78 is 5.16. The number of amides is 1. The molecular weight excluding hydrogens is 362 g/mol. The van der Waals surface area contributed by atoms with E-state index in [0.717, 1.165) is 19.0 Å². The van der Waals surface area contributed by atoms with Gasteiger partial charge in [0.05, 0.1) is 6.04 Å². The van der Waals surface area contributed by atoms with Gasteiger partial charge >= 0.3 is 0 Å². The fourth-order valence-electron chi connectivity index (χ4n) is 6.03. The maximum Gasteiger partial charge on any atom is 0.223 e. The van der Waals surface area contributed by atoms with Crippen LogP contribution in [0.4, 0.5) is 0 Å². The van der Waals surface area contributed by atoms with Crippen molar-refractivity contribution in [2.24, 2.45) is 11.8 Å². The Morgan fingerprint density at radius 2 is 2.22 bits per heavy atom. The van der Waals surface area contributed by atoms with Crippen molar-refractivity contribution in [3.05, 3.63) is 28.6 Å². The van der Waals surface area contributed by atoms with Crippen LogP contribution < -0.4 is 0 Å². The molecule has 3 aliphatic heterocycles. The molecule has 4 atom stereocenters. The van der Waals surface area contributed by atoms with E-state index in [1.54, 1.807) is 11.6 Å². The lowest BCUT2D eigenvalue weighted by atomic mass is 9.68. The van der Waals surface area contributed by atoms with Gasteiger partial charge in [-0.25, -0.2) is 0 Å². The van der Waals surface area contributed by atoms with Crippen molar-refractivity contribution in [3.8, 4) is 0 Å². The molecule has 5 rings (SSSR count). The van der Waals surface area contributed by atoms with Gasteiger partial charge in [-0.05, 0) is 50.5 Å². The van der Waals surface area contributed by atoms with Gasteiger partial charge < -0.3 is 9.42 Å². The maximum absolute atomic E-state index is 13.1. The standard InChI is InChI=1S/C21H28ClN3O2/c22-19-12-17(27-23-19)6-7-20(26)25-9-3-4-14-10-15-11-16(21(14)25)13-24-8-2-1-5-18(15)24/h10,12,15-16,18,21H,1-9,11,13H2/t15-,16-,18-,21+/m0/s1. The fraction of sp³-hybridized carbons (Fsp3) is 0.714. The van der Waals surface area contributed by atoms with Crippen LogP contribution in [0.2, 0.25) is 5.15 Å². The Hall–Kier alpha value is -1.33. The van der Waals surface area contributed by atoms with Gasteiger partial charge in [0.25, 0.3) is 0 Å². The highest BCUT2D eigenvalue weighted by Crippen LogP contribution is 2.45. The SMILES string of the molecule is O=C(CCc1cc(Cl)no1)N1CCCC2=C[C@H]3C[C@@H](CN4CCCC[C@@H]34)[C@@H]21. The van der Waals surface area contributed by atoms with Crippen LogP contribution in [-0.2, 0) is 11.2 Å². The Balaban J connectivity index is 1.32. The summed E-state index contributed by atoms with van der Waals surface area (Å²) in [6, 6.07) is 2.79. The third-order valence-electron chi connectivity index (χ3n) is 7.09. The molecule has 146 valence electrons. The van der Waals surface area contributed by atoms with Crippen LogP contribution in [-0.4, -0.2) is 52.6 Å². The molecule has 5 nitrogen and oxygen atoms in total. The van der Waals surface area contributed by atoms with Crippen LogP contribution in [0.25, 0.3) is 0 Å². The third kappa shape index (κ3) is 3.33. The van der Waals surface area contributed by atoms with Crippen LogP contribution in [0.15, 0.2) is 22.2 Å². The van der Waals surface area contributed by atoms with Crippen LogP contribution in [0.5, 0.6) is 0 Å². The number of hydrogen-bond acceptors (Lipinski definition) is 4. The molecule has 27 heavy (non-hydrogen) atoms. The first-order chi connectivity index (χ1) is 13.2. The van der Waals surface area contributed by atoms with Gasteiger partial charge in [-0.3, -0.25) is 9.69 Å². The minimum absolute atomic E-state index is 0.248. The van der Waals surface area contributed by atoms with Crippen molar-refractivity contribution in [2.45, 2.75) is 63.5 Å². The molecule has 0 radical (unpaired) electrons. The summed E-state index contributed by atoms with van der Waals surface area (Å²) in [6.45, 7) is 3.31. The molecule has 3 saturated heterocycles. The molecule has 4 heterocycles. The smallest absolute Gasteiger partial charge is 0.223 e. The van der Waals surface area contributed by atoms with Gasteiger partial charge in [-0.1, -0.05) is 34.8 Å². The molecule has 1 aromatic heterocycles. The molecule has 0 unspecified atom stereocenters. The molecule has 0 N–H and O–H groups in total. The number of fused-ring (bicyclic) bond motifs is 6. The van der Waals surface area contributed by atoms with E-state index in [-0.39, 0.29) is 5.91 Å². The fourth-order valence-corrected chi connectivity index (χ4v) is 6.19. The van der Waals surface area contributed by atoms with E-state index in [2.05, 4.69) is 21.0 Å². The monoisotopic (exact) mass is 389 g/mol. The van der Waals surface area contributed by atoms with Gasteiger partial charge in [0, 0.05) is 38.0 Å². The highest BCUT2D eigenvalue weighted by molar-refractivity contribution is 6.29. The Kier molecular flexibility index (Phi) is 4.76. The van der Waals surface area contributed by atoms with E-state index in [0.29, 0.717) is 41.6 Å². The quantitative estimate of drug-likeness (QED) is 0.740. The molecule has 1 aliphatic carbocycles. The molecule has 4 aliphatic rings. The van der Waals surface area contributed by atoms with E-state index in [4.69, 9.17) is 16.1 Å². The second-order valence-electron chi connectivity index (χ2n) is 8.71. The summed E-state index contributed by atoms with van der Waals surface area (Å²) in [6.07, 6.45) is 11.2. The number of carbonyl (C=O) groups is 1. The normalized spacial score (nSPS) is 33.2. The number of halogens is 1. The van der Waals surface area contributed by atoms with Crippen molar-refractivity contribution in [2.75, 3.05) is 19.6 Å². The number of likely N-dealkylation sites (tertiary alicyclic amines) is 1. The molecule has 1 aromatic rings. The van der Waals surface area contributed by atoms with E-state index < -0.39 is 0 Å². The second-order valence-corrected chi connectivity index (χ2v) is 9.10. The number of piperidine rings is 3. The Bertz CT molecular complexity index is 746. The second kappa shape index (κ2) is 7.25. The minimum atomic E-state index is 0.248. The Morgan fingerprint density at radius 3 is 3.07 bits per heavy atom. The number of rotatable bonds is 3. The maximum atomic E-state index is 13.1. The summed E-state index contributed by atoms with van der Waals surface area (Å²) in [7, 11) is 0. The largest absolute Gasteiger partial charge is 0.360 e. The van der Waals surface area contributed by atoms with E-state index in [1.807, 2.05) is 0 Å². The van der Waals surface area contributed by atoms with Crippen LogP contribution >= 0.6 is 11.6 Å². The van der Waals surface area contributed by atoms with E-state index in [1.165, 1.54) is 45.2 Å². The minimum Gasteiger partial charge on any atom is -0.360 e. The van der Waals surface area contributed by atoms with Gasteiger partial charge in [-0.2, -0.15) is 0 Å². The van der Waals surface area contributed by atoms with Crippen molar-refractivity contribution in [1.29, 1.82) is 0 Å². The molecule has 0 spiro atoms. The lowest BCUT2D eigenvalue weighted by Crippen LogP contribution is -2.60. The van der Waals surface area contributed by atoms with Gasteiger partial charge in [-0.15, -0.1) is 0 Å². The molecule has 1 amide bonds. The zero-order valence-electron chi connectivity index (χ0n) is 15.8. The van der Waals surface area contributed by atoms with Gasteiger partial charge in [0.1, 0.15) is 5.76 Å². The highest BCUT2D eigenvalue weighted by Gasteiger charge is 2.46. The molecular formula is C21H28ClN3O2. The van der Waals surface area contributed by atoms with Crippen molar-refractivity contribution >= 4 is 17.5 Å². The summed E-state index contributed by atoms with van der Waals surface area (Å²) in [5.41, 5.74) is 1.55. The topological polar surface area (TPSA) is 49.6 Å². The molecule has 0 aromatic carbocycles. The highest BCUT2D eigenvalue weighted by atomic mass is 35.5. The molecule has 3 fully saturated rings. The van der Waals surface area contributed by atoms with Crippen LogP contribution in [0, 0.1) is 11.8 Å². The van der Waals surface area contributed by atoms with Crippen LogP contribution in [0.1, 0.15) is 50.7 Å². The van der Waals surface area contributed by atoms with Crippen molar-refractivity contribution in [3.63, 3.8) is 0 Å². The number of nitrogens with zero attached hydrogens (tertiary/aromatic N) is 3. The van der Waals surface area contributed by atoms with Gasteiger partial charge in [0.15, 0.2) is 5.15 Å². The van der Waals surface area contributed by atoms with E-state index in [9.17, 15) is 4.79 Å². The number of carbonyl (C=O) groups excluding carboxylic acids is 1. The first-order valence-electron chi connectivity index (χ1n) is 10.5. The number of hydrogen-bond donors (Lipinski definition) is 0. The van der Waals surface area contributed by atoms with Crippen molar-refractivity contribution < 1.29 is 9.32 Å². The molecule has 0 saturated carbocycles. The summed E-state index contributed by atoms with van der Waals surface area (Å²) >= 11 is 5.82. The average molecular weight is 390 g/mol.